The second kappa shape index (κ2) is 12.3. The van der Waals surface area contributed by atoms with E-state index in [2.05, 4.69) is 49.4 Å². The molecule has 238 valence electrons. The summed E-state index contributed by atoms with van der Waals surface area (Å²) in [5.41, 5.74) is 11.4. The van der Waals surface area contributed by atoms with E-state index >= 15 is 0 Å². The fraction of sp³-hybridized carbons (Fsp3) is 0.476. The number of nitrogens with zero attached hydrogens (tertiary/aromatic N) is 6. The number of thiol groups is 2. The van der Waals surface area contributed by atoms with E-state index in [1.54, 1.807) is 12.3 Å². The summed E-state index contributed by atoms with van der Waals surface area (Å²) in [7, 11) is -2.59. The van der Waals surface area contributed by atoms with Crippen LogP contribution in [-0.4, -0.2) is 88.0 Å². The molecule has 0 radical (unpaired) electrons. The van der Waals surface area contributed by atoms with Gasteiger partial charge in [0, 0.05) is 12.6 Å². The van der Waals surface area contributed by atoms with Crippen molar-refractivity contribution in [3.8, 4) is 0 Å². The lowest BCUT2D eigenvalue weighted by molar-refractivity contribution is -0.0537. The number of aliphatic hydroxyl groups excluding tert-OH is 2. The number of imidazole rings is 1. The third-order valence-electron chi connectivity index (χ3n) is 7.08. The Morgan fingerprint density at radius 3 is 2.70 bits per heavy atom. The van der Waals surface area contributed by atoms with Crippen LogP contribution in [0.4, 0.5) is 11.8 Å². The number of rotatable bonds is 10. The summed E-state index contributed by atoms with van der Waals surface area (Å²) in [5.74, 6) is 0.0588. The molecular formula is C21H27N9O10P2S2. The number of ether oxygens (including phenoxy) is 2. The van der Waals surface area contributed by atoms with Crippen LogP contribution >= 0.6 is 38.5 Å². The molecule has 19 nitrogen and oxygen atoms in total. The van der Waals surface area contributed by atoms with Crippen molar-refractivity contribution in [3.05, 3.63) is 35.3 Å². The Bertz CT molecular complexity index is 1820. The van der Waals surface area contributed by atoms with Gasteiger partial charge in [-0.2, -0.15) is 4.98 Å². The average Bonchev–Trinajstić information content (AvgIpc) is 3.73. The molecule has 2 aliphatic rings. The van der Waals surface area contributed by atoms with E-state index in [0.717, 1.165) is 0 Å². The van der Waals surface area contributed by atoms with Crippen molar-refractivity contribution in [2.24, 2.45) is 0 Å². The SMILES string of the molecule is Nc1nc2c(ncn2[C@@H]2OC(CO[PH](=O)S)C[C@H]2OP(=O)(S)OC[C@H]2O[C@@H](n3ccc4c(N)ncnc43)[C@H](O)[C@@H]2O)c(=O)[nH]1. The second-order valence-electron chi connectivity index (χ2n) is 9.91. The number of fused-ring (bicyclic) bond motifs is 2. The molecule has 0 aliphatic carbocycles. The average molecular weight is 692 g/mol. The molecular weight excluding hydrogens is 664 g/mol. The molecule has 0 bridgehead atoms. The van der Waals surface area contributed by atoms with E-state index in [-0.39, 0.29) is 36.0 Å². The highest BCUT2D eigenvalue weighted by Crippen LogP contribution is 2.57. The molecule has 6 heterocycles. The van der Waals surface area contributed by atoms with Crippen molar-refractivity contribution in [2.75, 3.05) is 24.7 Å². The van der Waals surface area contributed by atoms with E-state index in [9.17, 15) is 24.1 Å². The van der Waals surface area contributed by atoms with Crippen molar-refractivity contribution in [1.82, 2.24) is 34.1 Å². The lowest BCUT2D eigenvalue weighted by Gasteiger charge is -2.24. The number of nitrogen functional groups attached to an aromatic ring is 2. The first-order chi connectivity index (χ1) is 20.9. The zero-order chi connectivity index (χ0) is 31.3. The van der Waals surface area contributed by atoms with Crippen LogP contribution in [0.15, 0.2) is 29.7 Å². The highest BCUT2D eigenvalue weighted by molar-refractivity contribution is 8.44. The van der Waals surface area contributed by atoms with Crippen molar-refractivity contribution in [1.29, 1.82) is 0 Å². The van der Waals surface area contributed by atoms with Gasteiger partial charge in [-0.05, 0) is 6.07 Å². The van der Waals surface area contributed by atoms with Crippen LogP contribution in [0.3, 0.4) is 0 Å². The molecule has 0 amide bonds. The Kier molecular flexibility index (Phi) is 8.81. The van der Waals surface area contributed by atoms with E-state index < -0.39 is 69.2 Å². The van der Waals surface area contributed by atoms with Crippen LogP contribution < -0.4 is 17.0 Å². The summed E-state index contributed by atoms with van der Waals surface area (Å²) >= 11 is 7.87. The molecule has 3 unspecified atom stereocenters. The second-order valence-corrected chi connectivity index (χ2v) is 14.7. The predicted octanol–water partition coefficient (Wildman–Crippen LogP) is 0.411. The molecule has 0 aromatic carbocycles. The van der Waals surface area contributed by atoms with Gasteiger partial charge in [0.1, 0.15) is 42.2 Å². The van der Waals surface area contributed by atoms with E-state index in [0.29, 0.717) is 11.0 Å². The van der Waals surface area contributed by atoms with Crippen molar-refractivity contribution >= 4 is 72.5 Å². The largest absolute Gasteiger partial charge is 0.387 e. The Morgan fingerprint density at radius 1 is 1.14 bits per heavy atom. The number of nitrogens with one attached hydrogen (secondary N) is 1. The van der Waals surface area contributed by atoms with Crippen molar-refractivity contribution < 1.29 is 42.4 Å². The van der Waals surface area contributed by atoms with Gasteiger partial charge in [-0.1, -0.05) is 24.5 Å². The maximum Gasteiger partial charge on any atom is 0.386 e. The number of anilines is 2. The van der Waals surface area contributed by atoms with E-state index in [1.807, 2.05) is 0 Å². The molecule has 7 N–H and O–H groups in total. The number of aromatic amines is 1. The van der Waals surface area contributed by atoms with Gasteiger partial charge >= 0.3 is 6.80 Å². The number of aromatic nitrogens is 7. The Hall–Kier alpha value is -2.55. The minimum atomic E-state index is -4.21. The summed E-state index contributed by atoms with van der Waals surface area (Å²) in [6.07, 6.45) is -3.69. The predicted molar refractivity (Wildman–Crippen MR) is 160 cm³/mol. The maximum absolute atomic E-state index is 13.4. The van der Waals surface area contributed by atoms with E-state index in [4.69, 9.17) is 34.5 Å². The first-order valence-corrected chi connectivity index (χ1v) is 18.2. The number of nitrogens with two attached hydrogens (primary N) is 2. The smallest absolute Gasteiger partial charge is 0.386 e. The van der Waals surface area contributed by atoms with E-state index in [1.165, 1.54) is 21.8 Å². The van der Waals surface area contributed by atoms with Crippen LogP contribution in [0, 0.1) is 0 Å². The van der Waals surface area contributed by atoms with Gasteiger partial charge in [0.25, 0.3) is 5.56 Å². The van der Waals surface area contributed by atoms with Crippen LogP contribution in [0.5, 0.6) is 0 Å². The Balaban J connectivity index is 1.17. The first-order valence-electron chi connectivity index (χ1n) is 12.9. The van der Waals surface area contributed by atoms with Gasteiger partial charge < -0.3 is 40.2 Å². The molecule has 2 aliphatic heterocycles. The summed E-state index contributed by atoms with van der Waals surface area (Å²) in [4.78, 5) is 30.9. The fourth-order valence-corrected chi connectivity index (χ4v) is 7.16. The number of hydrogen-bond donors (Lipinski definition) is 7. The molecule has 44 heavy (non-hydrogen) atoms. The third kappa shape index (κ3) is 6.14. The van der Waals surface area contributed by atoms with Crippen LogP contribution in [-0.2, 0) is 32.2 Å². The molecule has 0 saturated carbocycles. The first kappa shape index (κ1) is 31.4. The van der Waals surface area contributed by atoms with Gasteiger partial charge in [-0.3, -0.25) is 28.0 Å². The molecule has 4 aromatic rings. The molecule has 2 saturated heterocycles. The molecule has 6 rings (SSSR count). The summed E-state index contributed by atoms with van der Waals surface area (Å²) in [6.45, 7) is -4.83. The molecule has 2 fully saturated rings. The standard InChI is InChI=1S/C21H27N9O10P2S2/c22-15-9-1-2-29(16(9)25-6-24-15)20-14(32)13(31)11(39-20)5-37-42(35,44)40-10-3-8(4-36-41(34)43)38-19(10)30-7-26-12-17(30)27-21(23)28-18(12)33/h1-2,6-8,10-11,13-14,19-20,31-32,41H,3-5H2,(H,34,43)(H,35,44)(H2,22,24,25)(H3,23,27,28,33)/t8?,10-,11-,13-,14-,19-,20-,42?/m1/s1. The normalized spacial score (nSPS) is 29.4. The lowest BCUT2D eigenvalue weighted by atomic mass is 10.1. The minimum absolute atomic E-state index is 0.0305. The third-order valence-corrected chi connectivity index (χ3v) is 9.53. The highest BCUT2D eigenvalue weighted by atomic mass is 32.7. The monoisotopic (exact) mass is 691 g/mol. The van der Waals surface area contributed by atoms with Crippen LogP contribution in [0.25, 0.3) is 22.2 Å². The van der Waals surface area contributed by atoms with Gasteiger partial charge in [0.2, 0.25) is 13.2 Å². The van der Waals surface area contributed by atoms with Gasteiger partial charge in [-0.15, -0.1) is 0 Å². The maximum atomic E-state index is 13.4. The van der Waals surface area contributed by atoms with Gasteiger partial charge in [0.05, 0.1) is 31.0 Å². The zero-order valence-corrected chi connectivity index (χ0v) is 26.0. The molecule has 9 atom stereocenters. The summed E-state index contributed by atoms with van der Waals surface area (Å²) < 4.78 is 55.9. The van der Waals surface area contributed by atoms with Crippen LogP contribution in [0.1, 0.15) is 18.9 Å². The zero-order valence-electron chi connectivity index (χ0n) is 22.3. The van der Waals surface area contributed by atoms with Crippen LogP contribution in [0.2, 0.25) is 0 Å². The Labute approximate surface area is 257 Å². The van der Waals surface area contributed by atoms with Crippen molar-refractivity contribution in [2.45, 2.75) is 49.4 Å². The van der Waals surface area contributed by atoms with Gasteiger partial charge in [0.15, 0.2) is 23.6 Å². The molecule has 4 aromatic heterocycles. The van der Waals surface area contributed by atoms with Crippen molar-refractivity contribution in [3.63, 3.8) is 0 Å². The lowest BCUT2D eigenvalue weighted by Crippen LogP contribution is -2.33. The molecule has 23 heteroatoms. The number of aliphatic hydroxyl groups is 2. The minimum Gasteiger partial charge on any atom is -0.387 e. The quantitative estimate of drug-likeness (QED) is 0.0877. The topological polar surface area (TPSA) is 267 Å². The fourth-order valence-electron chi connectivity index (χ4n) is 5.12. The summed E-state index contributed by atoms with van der Waals surface area (Å²) in [5, 5.41) is 21.9. The highest BCUT2D eigenvalue weighted by Gasteiger charge is 2.46. The van der Waals surface area contributed by atoms with Gasteiger partial charge in [-0.25, -0.2) is 19.5 Å². The number of hydrogen-bond acceptors (Lipinski definition) is 16. The Morgan fingerprint density at radius 2 is 1.93 bits per heavy atom. The number of H-pyrrole nitrogens is 1. The summed E-state index contributed by atoms with van der Waals surface area (Å²) in [6, 6.07) is 1.64. The molecule has 0 spiro atoms.